The lowest BCUT2D eigenvalue weighted by Gasteiger charge is -2.30. The van der Waals surface area contributed by atoms with Crippen LogP contribution in [0.2, 0.25) is 0 Å². The molecule has 0 bridgehead atoms. The molecule has 1 aromatic carbocycles. The fraction of sp³-hybridized carbons (Fsp3) is 0.611. The first-order valence-corrected chi connectivity index (χ1v) is 10.6. The average molecular weight is 384 g/mol. The van der Waals surface area contributed by atoms with E-state index in [4.69, 9.17) is 4.74 Å². The third kappa shape index (κ3) is 5.43. The summed E-state index contributed by atoms with van der Waals surface area (Å²) in [7, 11) is -3.72. The van der Waals surface area contributed by atoms with Crippen LogP contribution in [0.25, 0.3) is 0 Å². The van der Waals surface area contributed by atoms with Crippen LogP contribution in [0, 0.1) is 0 Å². The zero-order valence-electron chi connectivity index (χ0n) is 15.6. The first-order chi connectivity index (χ1) is 12.5. The molecule has 2 rings (SSSR count). The van der Waals surface area contributed by atoms with E-state index in [9.17, 15) is 13.2 Å². The van der Waals surface area contributed by atoms with Crippen LogP contribution in [0.1, 0.15) is 26.7 Å². The molecule has 0 radical (unpaired) electrons. The first-order valence-electron chi connectivity index (χ1n) is 9.20. The molecule has 0 unspecified atom stereocenters. The molecule has 0 saturated carbocycles. The molecule has 0 spiro atoms. The van der Waals surface area contributed by atoms with Crippen molar-refractivity contribution < 1.29 is 17.9 Å². The van der Waals surface area contributed by atoms with Crippen molar-refractivity contribution in [3.05, 3.63) is 24.3 Å². The molecular formula is C18H29N3O4S. The van der Waals surface area contributed by atoms with E-state index in [0.717, 1.165) is 19.5 Å². The van der Waals surface area contributed by atoms with E-state index in [1.54, 1.807) is 17.0 Å². The third-order valence-corrected chi connectivity index (χ3v) is 6.17. The minimum Gasteiger partial charge on any atom is -0.494 e. The lowest BCUT2D eigenvalue weighted by atomic mass is 10.3. The zero-order chi connectivity index (χ0) is 19.0. The first kappa shape index (κ1) is 20.7. The maximum Gasteiger partial charge on any atom is 0.243 e. The second-order valence-corrected chi connectivity index (χ2v) is 8.17. The van der Waals surface area contributed by atoms with Gasteiger partial charge in [0.15, 0.2) is 0 Å². The lowest BCUT2D eigenvalue weighted by molar-refractivity contribution is -0.131. The summed E-state index contributed by atoms with van der Waals surface area (Å²) in [5.74, 6) is 0.487. The molecular weight excluding hydrogens is 354 g/mol. The molecule has 7 nitrogen and oxygen atoms in total. The van der Waals surface area contributed by atoms with Gasteiger partial charge in [-0.2, -0.15) is 4.31 Å². The molecule has 0 atom stereocenters. The van der Waals surface area contributed by atoms with Crippen molar-refractivity contribution in [2.75, 3.05) is 45.9 Å². The van der Waals surface area contributed by atoms with E-state index < -0.39 is 10.0 Å². The standard InChI is InChI=1S/C18H29N3O4S/c1-3-5-12-21(15-18(22)20-13-10-19-11-14-20)26(23,24)17-8-6-16(7-9-17)25-4-2/h6-9,19H,3-5,10-15H2,1-2H3. The molecule has 146 valence electrons. The fourth-order valence-electron chi connectivity index (χ4n) is 2.81. The highest BCUT2D eigenvalue weighted by Crippen LogP contribution is 2.20. The summed E-state index contributed by atoms with van der Waals surface area (Å²) in [6, 6.07) is 6.36. The van der Waals surface area contributed by atoms with Gasteiger partial charge in [-0.3, -0.25) is 4.79 Å². The molecule has 0 aromatic heterocycles. The van der Waals surface area contributed by atoms with Crippen LogP contribution in [0.5, 0.6) is 5.75 Å². The van der Waals surface area contributed by atoms with Gasteiger partial charge >= 0.3 is 0 Å². The number of hydrogen-bond donors (Lipinski definition) is 1. The number of carbonyl (C=O) groups is 1. The molecule has 1 saturated heterocycles. The van der Waals surface area contributed by atoms with Crippen molar-refractivity contribution in [1.29, 1.82) is 0 Å². The Labute approximate surface area is 156 Å². The quantitative estimate of drug-likeness (QED) is 0.696. The van der Waals surface area contributed by atoms with Crippen molar-refractivity contribution >= 4 is 15.9 Å². The van der Waals surface area contributed by atoms with Gasteiger partial charge in [0.25, 0.3) is 0 Å². The molecule has 1 aliphatic rings. The van der Waals surface area contributed by atoms with Gasteiger partial charge in [-0.1, -0.05) is 13.3 Å². The molecule has 1 amide bonds. The van der Waals surface area contributed by atoms with Crippen LogP contribution in [0.3, 0.4) is 0 Å². The topological polar surface area (TPSA) is 79.0 Å². The largest absolute Gasteiger partial charge is 0.494 e. The highest BCUT2D eigenvalue weighted by atomic mass is 32.2. The van der Waals surface area contributed by atoms with Crippen molar-refractivity contribution in [3.63, 3.8) is 0 Å². The Balaban J connectivity index is 2.15. The number of nitrogens with one attached hydrogen (secondary N) is 1. The smallest absolute Gasteiger partial charge is 0.243 e. The SMILES string of the molecule is CCCCN(CC(=O)N1CCNCC1)S(=O)(=O)c1ccc(OCC)cc1. The molecule has 26 heavy (non-hydrogen) atoms. The van der Waals surface area contributed by atoms with E-state index in [2.05, 4.69) is 5.32 Å². The Morgan fingerprint density at radius 2 is 1.85 bits per heavy atom. The Morgan fingerprint density at radius 3 is 2.42 bits per heavy atom. The van der Waals surface area contributed by atoms with Crippen molar-refractivity contribution in [2.45, 2.75) is 31.6 Å². The summed E-state index contributed by atoms with van der Waals surface area (Å²) >= 11 is 0. The molecule has 0 aliphatic carbocycles. The zero-order valence-corrected chi connectivity index (χ0v) is 16.4. The van der Waals surface area contributed by atoms with Crippen LogP contribution in [-0.4, -0.2) is 69.4 Å². The normalized spacial score (nSPS) is 15.3. The molecule has 1 fully saturated rings. The summed E-state index contributed by atoms with van der Waals surface area (Å²) in [4.78, 5) is 14.5. The number of carbonyl (C=O) groups excluding carboxylic acids is 1. The second-order valence-electron chi connectivity index (χ2n) is 6.23. The predicted molar refractivity (Wildman–Crippen MR) is 101 cm³/mol. The van der Waals surface area contributed by atoms with Crippen molar-refractivity contribution in [1.82, 2.24) is 14.5 Å². The summed E-state index contributed by atoms with van der Waals surface area (Å²) in [5.41, 5.74) is 0. The van der Waals surface area contributed by atoms with E-state index >= 15 is 0 Å². The third-order valence-electron chi connectivity index (χ3n) is 4.31. The van der Waals surface area contributed by atoms with Crippen LogP contribution in [0.15, 0.2) is 29.2 Å². The average Bonchev–Trinajstić information content (AvgIpc) is 2.66. The summed E-state index contributed by atoms with van der Waals surface area (Å²) in [6.45, 7) is 7.33. The number of nitrogens with zero attached hydrogens (tertiary/aromatic N) is 2. The number of hydrogen-bond acceptors (Lipinski definition) is 5. The van der Waals surface area contributed by atoms with Gasteiger partial charge in [0.05, 0.1) is 18.0 Å². The molecule has 1 heterocycles. The van der Waals surface area contributed by atoms with Crippen molar-refractivity contribution in [2.24, 2.45) is 0 Å². The van der Waals surface area contributed by atoms with E-state index in [-0.39, 0.29) is 17.3 Å². The van der Waals surface area contributed by atoms with Gasteiger partial charge in [-0.05, 0) is 37.6 Å². The van der Waals surface area contributed by atoms with Crippen LogP contribution < -0.4 is 10.1 Å². The van der Waals surface area contributed by atoms with Gasteiger partial charge < -0.3 is 15.0 Å². The number of amides is 1. The van der Waals surface area contributed by atoms with Crippen molar-refractivity contribution in [3.8, 4) is 5.75 Å². The van der Waals surface area contributed by atoms with Crippen LogP contribution in [0.4, 0.5) is 0 Å². The lowest BCUT2D eigenvalue weighted by Crippen LogP contribution is -2.50. The van der Waals surface area contributed by atoms with Gasteiger partial charge in [0.2, 0.25) is 15.9 Å². The fourth-order valence-corrected chi connectivity index (χ4v) is 4.24. The van der Waals surface area contributed by atoms with Crippen LogP contribution >= 0.6 is 0 Å². The van der Waals surface area contributed by atoms with Gasteiger partial charge in [0, 0.05) is 32.7 Å². The minimum absolute atomic E-state index is 0.116. The number of benzene rings is 1. The molecule has 8 heteroatoms. The van der Waals surface area contributed by atoms with Gasteiger partial charge in [-0.15, -0.1) is 0 Å². The Hall–Kier alpha value is -1.64. The summed E-state index contributed by atoms with van der Waals surface area (Å²) < 4.78 is 32.7. The maximum absolute atomic E-state index is 13.0. The number of unbranched alkanes of at least 4 members (excludes halogenated alkanes) is 1. The highest BCUT2D eigenvalue weighted by molar-refractivity contribution is 7.89. The van der Waals surface area contributed by atoms with E-state index in [0.29, 0.717) is 38.4 Å². The monoisotopic (exact) mass is 383 g/mol. The Bertz CT molecular complexity index is 670. The molecule has 1 N–H and O–H groups in total. The number of piperazine rings is 1. The Morgan fingerprint density at radius 1 is 1.19 bits per heavy atom. The molecule has 1 aliphatic heterocycles. The number of ether oxygens (including phenoxy) is 1. The summed E-state index contributed by atoms with van der Waals surface area (Å²) in [5, 5.41) is 3.19. The van der Waals surface area contributed by atoms with E-state index in [1.807, 2.05) is 13.8 Å². The number of rotatable bonds is 9. The van der Waals surface area contributed by atoms with Gasteiger partial charge in [-0.25, -0.2) is 8.42 Å². The number of sulfonamides is 1. The minimum atomic E-state index is -3.72. The predicted octanol–water partition coefficient (Wildman–Crippen LogP) is 1.31. The van der Waals surface area contributed by atoms with Crippen LogP contribution in [-0.2, 0) is 14.8 Å². The Kier molecular flexibility index (Phi) is 7.86. The second kappa shape index (κ2) is 9.89. The highest BCUT2D eigenvalue weighted by Gasteiger charge is 2.28. The molecule has 1 aromatic rings. The van der Waals surface area contributed by atoms with Gasteiger partial charge in [0.1, 0.15) is 5.75 Å². The summed E-state index contributed by atoms with van der Waals surface area (Å²) in [6.07, 6.45) is 1.57. The maximum atomic E-state index is 13.0. The van der Waals surface area contributed by atoms with E-state index in [1.165, 1.54) is 16.4 Å².